The number of anilines is 1. The Kier molecular flexibility index (Phi) is 3.50. The van der Waals surface area contributed by atoms with E-state index in [1.54, 1.807) is 0 Å². The number of hydrogen-bond donors (Lipinski definition) is 1. The van der Waals surface area contributed by atoms with Gasteiger partial charge in [0, 0.05) is 16.9 Å². The zero-order valence-electron chi connectivity index (χ0n) is 13.1. The highest BCUT2D eigenvalue weighted by atomic mass is 79.9. The number of hydrogen-bond acceptors (Lipinski definition) is 5. The number of fused-ring (bicyclic) bond motifs is 1. The fraction of sp³-hybridized carbons (Fsp3) is 0.389. The molecule has 7 heteroatoms. The fourth-order valence-electron chi connectivity index (χ4n) is 4.59. The zero-order chi connectivity index (χ0) is 17.1. The van der Waals surface area contributed by atoms with Crippen LogP contribution >= 0.6 is 27.3 Å². The topological polar surface area (TPSA) is 68.3 Å². The Labute approximate surface area is 156 Å². The van der Waals surface area contributed by atoms with Gasteiger partial charge in [-0.25, -0.2) is 4.98 Å². The van der Waals surface area contributed by atoms with Gasteiger partial charge in [-0.3, -0.25) is 9.59 Å². The largest absolute Gasteiger partial charge is 0.461 e. The minimum absolute atomic E-state index is 0.0592. The molecule has 1 aliphatic heterocycles. The lowest BCUT2D eigenvalue weighted by atomic mass is 9.79. The molecule has 3 fully saturated rings. The van der Waals surface area contributed by atoms with Crippen molar-refractivity contribution in [3.8, 4) is 11.3 Å². The van der Waals surface area contributed by atoms with Crippen LogP contribution in [0.3, 0.4) is 0 Å². The molecule has 2 aromatic rings. The van der Waals surface area contributed by atoms with Gasteiger partial charge in [0.25, 0.3) is 0 Å². The summed E-state index contributed by atoms with van der Waals surface area (Å²) >= 11 is 5.04. The maximum Gasteiger partial charge on any atom is 0.310 e. The first-order valence-corrected chi connectivity index (χ1v) is 10.1. The third-order valence-corrected chi connectivity index (χ3v) is 7.59. The van der Waals surface area contributed by atoms with E-state index in [9.17, 15) is 9.59 Å². The maximum absolute atomic E-state index is 12.9. The molecule has 25 heavy (non-hydrogen) atoms. The molecule has 3 aliphatic rings. The monoisotopic (exact) mass is 418 g/mol. The summed E-state index contributed by atoms with van der Waals surface area (Å²) in [5.41, 5.74) is 1.86. The van der Waals surface area contributed by atoms with Gasteiger partial charge in [-0.1, -0.05) is 46.3 Å². The molecule has 0 unspecified atom stereocenters. The van der Waals surface area contributed by atoms with Crippen molar-refractivity contribution in [2.45, 2.75) is 17.4 Å². The number of aromatic nitrogens is 1. The number of rotatable bonds is 3. The normalized spacial score (nSPS) is 35.0. The van der Waals surface area contributed by atoms with Crippen molar-refractivity contribution >= 4 is 44.3 Å². The molecule has 2 saturated carbocycles. The number of nitrogens with one attached hydrogen (secondary N) is 1. The molecule has 2 heterocycles. The number of thiazole rings is 1. The van der Waals surface area contributed by atoms with E-state index >= 15 is 0 Å². The molecule has 5 rings (SSSR count). The average molecular weight is 419 g/mol. The summed E-state index contributed by atoms with van der Waals surface area (Å²) in [5.74, 6) is -0.632. The standard InChI is InChI=1S/C18H15BrN2O3S/c19-14-9-6-10-13(17(23)24-15(10)14)12(9)16(22)21-18-20-11(7-25-18)8-4-2-1-3-5-8/h1-5,7,9-10,12-15H,6H2,(H,20,21,22)/t9-,10-,12-,13+,14-,15+/m1/s1. The number of ether oxygens (including phenoxy) is 1. The molecular formula is C18H15BrN2O3S. The highest BCUT2D eigenvalue weighted by Gasteiger charge is 2.67. The molecule has 128 valence electrons. The van der Waals surface area contributed by atoms with E-state index in [1.807, 2.05) is 35.7 Å². The summed E-state index contributed by atoms with van der Waals surface area (Å²) in [5, 5.41) is 5.42. The Balaban J connectivity index is 1.36. The third kappa shape index (κ3) is 2.29. The average Bonchev–Trinajstić information content (AvgIpc) is 3.34. The third-order valence-electron chi connectivity index (χ3n) is 5.63. The van der Waals surface area contributed by atoms with Crippen LogP contribution in [0.1, 0.15) is 6.42 Å². The summed E-state index contributed by atoms with van der Waals surface area (Å²) in [6, 6.07) is 9.85. The molecule has 1 aromatic heterocycles. The Morgan fingerprint density at radius 2 is 2.08 bits per heavy atom. The molecule has 1 saturated heterocycles. The van der Waals surface area contributed by atoms with Gasteiger partial charge in [0.05, 0.1) is 22.4 Å². The van der Waals surface area contributed by atoms with Crippen molar-refractivity contribution in [2.75, 3.05) is 5.32 Å². The molecule has 2 aliphatic carbocycles. The van der Waals surface area contributed by atoms with Gasteiger partial charge < -0.3 is 10.1 Å². The first-order valence-electron chi connectivity index (χ1n) is 8.30. The lowest BCUT2D eigenvalue weighted by Crippen LogP contribution is -2.40. The molecule has 6 atom stereocenters. The quantitative estimate of drug-likeness (QED) is 0.612. The maximum atomic E-state index is 12.9. The fourth-order valence-corrected chi connectivity index (χ4v) is 6.36. The molecule has 0 radical (unpaired) electrons. The second-order valence-electron chi connectivity index (χ2n) is 6.85. The molecule has 1 aromatic carbocycles. The Bertz CT molecular complexity index is 855. The van der Waals surface area contributed by atoms with Crippen LogP contribution < -0.4 is 5.32 Å². The molecule has 5 nitrogen and oxygen atoms in total. The van der Waals surface area contributed by atoms with E-state index in [0.717, 1.165) is 17.7 Å². The van der Waals surface area contributed by atoms with Crippen LogP contribution in [0, 0.1) is 23.7 Å². The lowest BCUT2D eigenvalue weighted by Gasteiger charge is -2.27. The van der Waals surface area contributed by atoms with Crippen molar-refractivity contribution in [1.82, 2.24) is 4.98 Å². The van der Waals surface area contributed by atoms with Crippen molar-refractivity contribution in [3.63, 3.8) is 0 Å². The van der Waals surface area contributed by atoms with Crippen LogP contribution in [-0.2, 0) is 14.3 Å². The van der Waals surface area contributed by atoms with Gasteiger partial charge in [-0.05, 0) is 12.3 Å². The van der Waals surface area contributed by atoms with E-state index in [0.29, 0.717) is 5.13 Å². The van der Waals surface area contributed by atoms with Crippen molar-refractivity contribution in [2.24, 2.45) is 23.7 Å². The van der Waals surface area contributed by atoms with Crippen molar-refractivity contribution in [1.29, 1.82) is 0 Å². The Morgan fingerprint density at radius 3 is 2.88 bits per heavy atom. The number of alkyl halides is 1. The molecule has 1 amide bonds. The number of amides is 1. The summed E-state index contributed by atoms with van der Waals surface area (Å²) < 4.78 is 5.47. The SMILES string of the molecule is O=C(Nc1nc(-c2ccccc2)cs1)[C@@H]1[C@H]2C[C@H]3[C@H](OC(=O)[C@@H]31)[C@@H]2Br. The van der Waals surface area contributed by atoms with Gasteiger partial charge in [0.2, 0.25) is 5.91 Å². The van der Waals surface area contributed by atoms with Crippen molar-refractivity contribution in [3.05, 3.63) is 35.7 Å². The summed E-state index contributed by atoms with van der Waals surface area (Å²) in [6.45, 7) is 0. The smallest absolute Gasteiger partial charge is 0.310 e. The van der Waals surface area contributed by atoms with Gasteiger partial charge in [-0.15, -0.1) is 11.3 Å². The minimum Gasteiger partial charge on any atom is -0.461 e. The lowest BCUT2D eigenvalue weighted by molar-refractivity contribution is -0.145. The number of halogens is 1. The Hall–Kier alpha value is -1.73. The summed E-state index contributed by atoms with van der Waals surface area (Å²) in [4.78, 5) is 29.6. The summed E-state index contributed by atoms with van der Waals surface area (Å²) in [7, 11) is 0. The van der Waals surface area contributed by atoms with E-state index in [4.69, 9.17) is 4.74 Å². The van der Waals surface area contributed by atoms with E-state index < -0.39 is 0 Å². The van der Waals surface area contributed by atoms with E-state index in [-0.39, 0.29) is 46.5 Å². The van der Waals surface area contributed by atoms with Crippen LogP contribution in [-0.4, -0.2) is 27.8 Å². The molecule has 0 spiro atoms. The van der Waals surface area contributed by atoms with Crippen LogP contribution in [0.4, 0.5) is 5.13 Å². The van der Waals surface area contributed by atoms with Gasteiger partial charge in [0.1, 0.15) is 6.10 Å². The Morgan fingerprint density at radius 1 is 1.28 bits per heavy atom. The highest BCUT2D eigenvalue weighted by molar-refractivity contribution is 9.09. The number of nitrogens with zero attached hydrogens (tertiary/aromatic N) is 1. The molecule has 2 bridgehead atoms. The van der Waals surface area contributed by atoms with Crippen LogP contribution in [0.25, 0.3) is 11.3 Å². The molecular weight excluding hydrogens is 404 g/mol. The second kappa shape index (κ2) is 5.64. The van der Waals surface area contributed by atoms with Crippen LogP contribution in [0.15, 0.2) is 35.7 Å². The van der Waals surface area contributed by atoms with Gasteiger partial charge in [0.15, 0.2) is 5.13 Å². The number of carbonyl (C=O) groups is 2. The predicted molar refractivity (Wildman–Crippen MR) is 97.4 cm³/mol. The number of carbonyl (C=O) groups excluding carboxylic acids is 2. The van der Waals surface area contributed by atoms with Gasteiger partial charge >= 0.3 is 5.97 Å². The van der Waals surface area contributed by atoms with E-state index in [2.05, 4.69) is 26.2 Å². The minimum atomic E-state index is -0.329. The highest BCUT2D eigenvalue weighted by Crippen LogP contribution is 2.60. The first kappa shape index (κ1) is 15.5. The second-order valence-corrected chi connectivity index (χ2v) is 8.77. The van der Waals surface area contributed by atoms with E-state index in [1.165, 1.54) is 11.3 Å². The zero-order valence-corrected chi connectivity index (χ0v) is 15.5. The predicted octanol–water partition coefficient (Wildman–Crippen LogP) is 3.32. The first-order chi connectivity index (χ1) is 12.1. The molecule has 1 N–H and O–H groups in total. The number of esters is 1. The van der Waals surface area contributed by atoms with Crippen molar-refractivity contribution < 1.29 is 14.3 Å². The van der Waals surface area contributed by atoms with Gasteiger partial charge in [-0.2, -0.15) is 0 Å². The summed E-state index contributed by atoms with van der Waals surface area (Å²) in [6.07, 6.45) is 0.818. The van der Waals surface area contributed by atoms with Crippen LogP contribution in [0.5, 0.6) is 0 Å². The van der Waals surface area contributed by atoms with Crippen LogP contribution in [0.2, 0.25) is 0 Å². The number of benzene rings is 1.